The third-order valence-corrected chi connectivity index (χ3v) is 5.39. The Bertz CT molecular complexity index is 703. The van der Waals surface area contributed by atoms with Crippen molar-refractivity contribution in [1.29, 1.82) is 0 Å². The molecule has 1 aromatic carbocycles. The fraction of sp³-hybridized carbons (Fsp3) is 0.579. The van der Waals surface area contributed by atoms with Crippen molar-refractivity contribution >= 4 is 17.1 Å². The van der Waals surface area contributed by atoms with Crippen LogP contribution in [0.25, 0.3) is 11.1 Å². The number of carbonyl (C=O) groups excluding carboxylic acids is 1. The first-order valence-electron chi connectivity index (χ1n) is 9.28. The number of aromatic nitrogens is 1. The number of oxazole rings is 1. The Balaban J connectivity index is 1.39. The number of benzene rings is 1. The van der Waals surface area contributed by atoms with Gasteiger partial charge in [-0.1, -0.05) is 12.1 Å². The molecule has 2 amide bonds. The van der Waals surface area contributed by atoms with Crippen molar-refractivity contribution in [2.75, 3.05) is 13.1 Å². The average molecular weight is 343 g/mol. The summed E-state index contributed by atoms with van der Waals surface area (Å²) >= 11 is 0. The Hall–Kier alpha value is -2.08. The molecule has 2 fully saturated rings. The van der Waals surface area contributed by atoms with E-state index in [0.717, 1.165) is 62.1 Å². The number of para-hydroxylation sites is 2. The number of urea groups is 1. The molecule has 2 aromatic rings. The largest absolute Gasteiger partial charge is 0.440 e. The van der Waals surface area contributed by atoms with Crippen LogP contribution >= 0.6 is 0 Å². The van der Waals surface area contributed by atoms with Gasteiger partial charge >= 0.3 is 6.03 Å². The molecule has 134 valence electrons. The molecule has 4 rings (SSSR count). The van der Waals surface area contributed by atoms with Gasteiger partial charge in [0.1, 0.15) is 5.52 Å². The van der Waals surface area contributed by atoms with E-state index in [9.17, 15) is 9.90 Å². The maximum absolute atomic E-state index is 12.6. The van der Waals surface area contributed by atoms with Gasteiger partial charge < -0.3 is 19.7 Å². The molecule has 1 aliphatic heterocycles. The number of hydrogen-bond acceptors (Lipinski definition) is 4. The summed E-state index contributed by atoms with van der Waals surface area (Å²) in [6, 6.07) is 7.96. The molecule has 1 saturated heterocycles. The molecule has 0 radical (unpaired) electrons. The Morgan fingerprint density at radius 1 is 1.20 bits per heavy atom. The van der Waals surface area contributed by atoms with E-state index in [1.807, 2.05) is 29.2 Å². The number of aliphatic hydroxyl groups excluding tert-OH is 1. The van der Waals surface area contributed by atoms with Crippen molar-refractivity contribution in [1.82, 2.24) is 15.2 Å². The molecule has 0 spiro atoms. The van der Waals surface area contributed by atoms with Crippen molar-refractivity contribution < 1.29 is 14.3 Å². The maximum Gasteiger partial charge on any atom is 0.317 e. The number of nitrogens with zero attached hydrogens (tertiary/aromatic N) is 2. The van der Waals surface area contributed by atoms with E-state index in [4.69, 9.17) is 4.42 Å². The van der Waals surface area contributed by atoms with Crippen molar-refractivity contribution in [3.05, 3.63) is 30.2 Å². The van der Waals surface area contributed by atoms with Gasteiger partial charge in [-0.05, 0) is 50.7 Å². The lowest BCUT2D eigenvalue weighted by Gasteiger charge is -2.34. The molecular formula is C19H25N3O3. The van der Waals surface area contributed by atoms with Crippen LogP contribution in [0.2, 0.25) is 0 Å². The summed E-state index contributed by atoms with van der Waals surface area (Å²) in [6.07, 6.45) is 5.01. The van der Waals surface area contributed by atoms with Gasteiger partial charge in [-0.25, -0.2) is 9.78 Å². The predicted octanol–water partition coefficient (Wildman–Crippen LogP) is 3.02. The zero-order valence-corrected chi connectivity index (χ0v) is 14.4. The van der Waals surface area contributed by atoms with Gasteiger partial charge in [0.2, 0.25) is 0 Å². The molecule has 0 bridgehead atoms. The van der Waals surface area contributed by atoms with Crippen LogP contribution in [0.4, 0.5) is 4.79 Å². The number of carbonyl (C=O) groups is 1. The second kappa shape index (κ2) is 7.04. The minimum atomic E-state index is -0.202. The predicted molar refractivity (Wildman–Crippen MR) is 94.4 cm³/mol. The van der Waals surface area contributed by atoms with Gasteiger partial charge in [0, 0.05) is 19.1 Å². The molecule has 2 N–H and O–H groups in total. The van der Waals surface area contributed by atoms with E-state index in [2.05, 4.69) is 10.3 Å². The molecule has 6 heteroatoms. The highest BCUT2D eigenvalue weighted by Gasteiger charge is 2.29. The summed E-state index contributed by atoms with van der Waals surface area (Å²) in [4.78, 5) is 19.1. The summed E-state index contributed by atoms with van der Waals surface area (Å²) in [6.45, 7) is 1.42. The van der Waals surface area contributed by atoms with Crippen LogP contribution in [-0.4, -0.2) is 46.3 Å². The third-order valence-electron chi connectivity index (χ3n) is 5.39. The molecule has 6 nitrogen and oxygen atoms in total. The highest BCUT2D eigenvalue weighted by molar-refractivity contribution is 5.75. The van der Waals surface area contributed by atoms with Crippen LogP contribution in [0, 0.1) is 0 Å². The fourth-order valence-corrected chi connectivity index (χ4v) is 3.91. The minimum Gasteiger partial charge on any atom is -0.440 e. The number of likely N-dealkylation sites (tertiary alicyclic amines) is 1. The molecule has 1 saturated carbocycles. The first-order chi connectivity index (χ1) is 12.2. The van der Waals surface area contributed by atoms with Crippen LogP contribution in [0.3, 0.4) is 0 Å². The zero-order valence-electron chi connectivity index (χ0n) is 14.4. The summed E-state index contributed by atoms with van der Waals surface area (Å²) in [5.74, 6) is 0.888. The van der Waals surface area contributed by atoms with Crippen LogP contribution in [0.1, 0.15) is 50.3 Å². The monoisotopic (exact) mass is 343 g/mol. The molecular weight excluding hydrogens is 318 g/mol. The van der Waals surface area contributed by atoms with E-state index < -0.39 is 0 Å². The normalized spacial score (nSPS) is 27.4. The molecule has 0 unspecified atom stereocenters. The molecule has 1 atom stereocenters. The maximum atomic E-state index is 12.6. The summed E-state index contributed by atoms with van der Waals surface area (Å²) < 4.78 is 5.90. The van der Waals surface area contributed by atoms with Gasteiger partial charge in [-0.2, -0.15) is 0 Å². The first kappa shape index (κ1) is 16.4. The van der Waals surface area contributed by atoms with Crippen molar-refractivity contribution in [3.63, 3.8) is 0 Å². The molecule has 2 aliphatic rings. The first-order valence-corrected chi connectivity index (χ1v) is 9.28. The highest BCUT2D eigenvalue weighted by Crippen LogP contribution is 2.29. The van der Waals surface area contributed by atoms with Crippen molar-refractivity contribution in [2.24, 2.45) is 0 Å². The quantitative estimate of drug-likeness (QED) is 0.878. The Labute approximate surface area is 147 Å². The number of piperidine rings is 1. The Morgan fingerprint density at radius 3 is 2.80 bits per heavy atom. The third kappa shape index (κ3) is 3.63. The van der Waals surface area contributed by atoms with Crippen LogP contribution in [-0.2, 0) is 0 Å². The van der Waals surface area contributed by atoms with Crippen LogP contribution < -0.4 is 5.32 Å². The number of aliphatic hydroxyl groups is 1. The second-order valence-electron chi connectivity index (χ2n) is 7.26. The lowest BCUT2D eigenvalue weighted by Crippen LogP contribution is -2.49. The van der Waals surface area contributed by atoms with E-state index in [1.165, 1.54) is 0 Å². The van der Waals surface area contributed by atoms with Gasteiger partial charge in [-0.15, -0.1) is 0 Å². The van der Waals surface area contributed by atoms with Gasteiger partial charge in [0.05, 0.1) is 12.0 Å². The van der Waals surface area contributed by atoms with Gasteiger partial charge in [-0.3, -0.25) is 0 Å². The highest BCUT2D eigenvalue weighted by atomic mass is 16.3. The van der Waals surface area contributed by atoms with Gasteiger partial charge in [0.15, 0.2) is 11.5 Å². The Morgan fingerprint density at radius 2 is 2.00 bits per heavy atom. The topological polar surface area (TPSA) is 78.6 Å². The fourth-order valence-electron chi connectivity index (χ4n) is 3.91. The molecule has 25 heavy (non-hydrogen) atoms. The summed E-state index contributed by atoms with van der Waals surface area (Å²) in [5.41, 5.74) is 1.68. The summed E-state index contributed by atoms with van der Waals surface area (Å²) in [7, 11) is 0. The minimum absolute atomic E-state index is 0.00204. The zero-order chi connectivity index (χ0) is 17.2. The van der Waals surface area contributed by atoms with Gasteiger partial charge in [0.25, 0.3) is 0 Å². The molecule has 1 aliphatic carbocycles. The molecule has 2 heterocycles. The number of fused-ring (bicyclic) bond motifs is 1. The number of amides is 2. The van der Waals surface area contributed by atoms with Crippen LogP contribution in [0.5, 0.6) is 0 Å². The smallest absolute Gasteiger partial charge is 0.317 e. The standard InChI is InChI=1S/C19H25N3O3/c23-15-9-7-14(8-10-15)20-19(24)22-11-3-4-13(12-22)18-21-16-5-1-2-6-17(16)25-18/h1-2,5-6,13-15,23H,3-4,7-12H2,(H,20,24)/t13-,14?,15?/m0/s1. The number of rotatable bonds is 2. The second-order valence-corrected chi connectivity index (χ2v) is 7.26. The SMILES string of the molecule is O=C(NC1CCC(O)CC1)N1CCC[C@H](c2nc3ccccc3o2)C1. The van der Waals surface area contributed by atoms with Crippen molar-refractivity contribution in [2.45, 2.75) is 56.6 Å². The number of nitrogens with one attached hydrogen (secondary N) is 1. The number of hydrogen-bond donors (Lipinski definition) is 2. The van der Waals surface area contributed by atoms with Crippen molar-refractivity contribution in [3.8, 4) is 0 Å². The lowest BCUT2D eigenvalue weighted by molar-refractivity contribution is 0.113. The van der Waals surface area contributed by atoms with E-state index >= 15 is 0 Å². The lowest BCUT2D eigenvalue weighted by atomic mass is 9.93. The Kier molecular flexibility index (Phi) is 4.61. The van der Waals surface area contributed by atoms with Crippen LogP contribution in [0.15, 0.2) is 28.7 Å². The average Bonchev–Trinajstić information content (AvgIpc) is 3.08. The van der Waals surface area contributed by atoms with E-state index in [1.54, 1.807) is 0 Å². The summed E-state index contributed by atoms with van der Waals surface area (Å²) in [5, 5.41) is 12.7. The van der Waals surface area contributed by atoms with E-state index in [-0.39, 0.29) is 24.1 Å². The van der Waals surface area contributed by atoms with E-state index in [0.29, 0.717) is 6.54 Å². The molecule has 1 aromatic heterocycles.